The van der Waals surface area contributed by atoms with E-state index in [2.05, 4.69) is 23.9 Å². The van der Waals surface area contributed by atoms with Crippen LogP contribution < -0.4 is 5.32 Å². The molecule has 2 amide bonds. The molecule has 0 spiro atoms. The molecule has 162 valence electrons. The highest BCUT2D eigenvalue weighted by Gasteiger charge is 2.44. The number of methoxy groups -OCH3 is 1. The Morgan fingerprint density at radius 3 is 2.26 bits per heavy atom. The Bertz CT molecular complexity index is 956. The number of esters is 1. The molecule has 1 aliphatic rings. The molecule has 0 aromatic heterocycles. The number of carbonyl (C=O) groups excluding carboxylic acids is 3. The Morgan fingerprint density at radius 1 is 1.06 bits per heavy atom. The Morgan fingerprint density at radius 2 is 1.68 bits per heavy atom. The SMILES string of the molecule is COC(=O)CNC(=O)[C@@H]1C[C@@](c2ccccc2)(C(C)C)C=CN1C(=O)c1ccccc1. The van der Waals surface area contributed by atoms with Crippen molar-refractivity contribution in [2.75, 3.05) is 13.7 Å². The summed E-state index contributed by atoms with van der Waals surface area (Å²) in [6, 6.07) is 18.1. The monoisotopic (exact) mass is 420 g/mol. The van der Waals surface area contributed by atoms with Crippen LogP contribution in [0.2, 0.25) is 0 Å². The number of amides is 2. The van der Waals surface area contributed by atoms with Gasteiger partial charge in [0.2, 0.25) is 5.91 Å². The first kappa shape index (κ1) is 22.3. The molecule has 0 fully saturated rings. The van der Waals surface area contributed by atoms with Crippen LogP contribution in [0, 0.1) is 5.92 Å². The molecule has 0 unspecified atom stereocenters. The second-order valence-corrected chi connectivity index (χ2v) is 7.97. The van der Waals surface area contributed by atoms with Gasteiger partial charge in [0.1, 0.15) is 12.6 Å². The second-order valence-electron chi connectivity index (χ2n) is 7.97. The van der Waals surface area contributed by atoms with E-state index >= 15 is 0 Å². The standard InChI is InChI=1S/C25H28N2O4/c1-18(2)25(20-12-8-5-9-13-20)14-15-27(24(30)19-10-6-4-7-11-19)21(16-25)23(29)26-17-22(28)31-3/h4-15,18,21H,16-17H2,1-3H3,(H,26,29)/t21-,25+/m0/s1. The fourth-order valence-corrected chi connectivity index (χ4v) is 4.03. The van der Waals surface area contributed by atoms with E-state index in [1.165, 1.54) is 12.0 Å². The highest BCUT2D eigenvalue weighted by molar-refractivity contribution is 5.99. The summed E-state index contributed by atoms with van der Waals surface area (Å²) in [6.07, 6.45) is 4.14. The van der Waals surface area contributed by atoms with Gasteiger partial charge in [0.05, 0.1) is 7.11 Å². The zero-order valence-electron chi connectivity index (χ0n) is 18.1. The van der Waals surface area contributed by atoms with Crippen molar-refractivity contribution in [1.82, 2.24) is 10.2 Å². The average molecular weight is 421 g/mol. The van der Waals surface area contributed by atoms with Crippen molar-refractivity contribution in [3.8, 4) is 0 Å². The van der Waals surface area contributed by atoms with Gasteiger partial charge in [-0.1, -0.05) is 68.5 Å². The van der Waals surface area contributed by atoms with Crippen molar-refractivity contribution in [3.05, 3.63) is 84.1 Å². The number of nitrogens with zero attached hydrogens (tertiary/aromatic N) is 1. The van der Waals surface area contributed by atoms with Gasteiger partial charge >= 0.3 is 5.97 Å². The number of hydrogen-bond acceptors (Lipinski definition) is 4. The molecule has 0 bridgehead atoms. The minimum Gasteiger partial charge on any atom is -0.468 e. The number of hydrogen-bond donors (Lipinski definition) is 1. The number of rotatable bonds is 6. The predicted molar refractivity (Wildman–Crippen MR) is 118 cm³/mol. The number of carbonyl (C=O) groups is 3. The van der Waals surface area contributed by atoms with Crippen molar-refractivity contribution in [3.63, 3.8) is 0 Å². The number of nitrogens with one attached hydrogen (secondary N) is 1. The summed E-state index contributed by atoms with van der Waals surface area (Å²) in [4.78, 5) is 39.4. The Balaban J connectivity index is 2.00. The summed E-state index contributed by atoms with van der Waals surface area (Å²) in [7, 11) is 1.27. The molecule has 0 aliphatic carbocycles. The lowest BCUT2D eigenvalue weighted by Crippen LogP contribution is -2.54. The van der Waals surface area contributed by atoms with E-state index in [4.69, 9.17) is 0 Å². The van der Waals surface area contributed by atoms with Crippen molar-refractivity contribution < 1.29 is 19.1 Å². The average Bonchev–Trinajstić information content (AvgIpc) is 2.82. The second kappa shape index (κ2) is 9.60. The smallest absolute Gasteiger partial charge is 0.325 e. The maximum absolute atomic E-state index is 13.2. The van der Waals surface area contributed by atoms with Crippen LogP contribution in [0.15, 0.2) is 72.9 Å². The predicted octanol–water partition coefficient (Wildman–Crippen LogP) is 3.30. The van der Waals surface area contributed by atoms with Gasteiger partial charge in [0.15, 0.2) is 0 Å². The lowest BCUT2D eigenvalue weighted by molar-refractivity contribution is -0.141. The maximum Gasteiger partial charge on any atom is 0.325 e. The van der Waals surface area contributed by atoms with E-state index in [1.807, 2.05) is 42.5 Å². The molecular weight excluding hydrogens is 392 g/mol. The lowest BCUT2D eigenvalue weighted by Gasteiger charge is -2.44. The molecule has 6 nitrogen and oxygen atoms in total. The van der Waals surface area contributed by atoms with Gasteiger partial charge in [0, 0.05) is 17.2 Å². The van der Waals surface area contributed by atoms with Crippen molar-refractivity contribution >= 4 is 17.8 Å². The Kier molecular flexibility index (Phi) is 6.90. The molecule has 0 saturated carbocycles. The molecular formula is C25H28N2O4. The van der Waals surface area contributed by atoms with Gasteiger partial charge in [-0.05, 0) is 30.0 Å². The van der Waals surface area contributed by atoms with Gasteiger partial charge in [-0.25, -0.2) is 0 Å². The van der Waals surface area contributed by atoms with Crippen LogP contribution in [0.1, 0.15) is 36.2 Å². The normalized spacial score (nSPS) is 20.4. The van der Waals surface area contributed by atoms with E-state index < -0.39 is 17.4 Å². The summed E-state index contributed by atoms with van der Waals surface area (Å²) in [5.74, 6) is -1.02. The summed E-state index contributed by atoms with van der Waals surface area (Å²) >= 11 is 0. The summed E-state index contributed by atoms with van der Waals surface area (Å²) in [5, 5.41) is 2.63. The highest BCUT2D eigenvalue weighted by atomic mass is 16.5. The van der Waals surface area contributed by atoms with E-state index in [1.54, 1.807) is 30.5 Å². The third-order valence-corrected chi connectivity index (χ3v) is 5.93. The molecule has 1 N–H and O–H groups in total. The quantitative estimate of drug-likeness (QED) is 0.728. The van der Waals surface area contributed by atoms with Crippen molar-refractivity contribution in [2.45, 2.75) is 31.7 Å². The number of ether oxygens (including phenoxy) is 1. The van der Waals surface area contributed by atoms with Gasteiger partial charge in [-0.3, -0.25) is 14.4 Å². The third kappa shape index (κ3) is 4.68. The highest BCUT2D eigenvalue weighted by Crippen LogP contribution is 2.42. The van der Waals surface area contributed by atoms with Crippen LogP contribution in [0.3, 0.4) is 0 Å². The molecule has 2 aromatic carbocycles. The van der Waals surface area contributed by atoms with E-state index in [-0.39, 0.29) is 24.3 Å². The van der Waals surface area contributed by atoms with Crippen LogP contribution in [0.4, 0.5) is 0 Å². The summed E-state index contributed by atoms with van der Waals surface area (Å²) in [6.45, 7) is 3.97. The van der Waals surface area contributed by atoms with Crippen molar-refractivity contribution in [2.24, 2.45) is 5.92 Å². The summed E-state index contributed by atoms with van der Waals surface area (Å²) in [5.41, 5.74) is 1.15. The zero-order chi connectivity index (χ0) is 22.4. The van der Waals surface area contributed by atoms with Gasteiger partial charge in [0.25, 0.3) is 5.91 Å². The largest absolute Gasteiger partial charge is 0.468 e. The summed E-state index contributed by atoms with van der Waals surface area (Å²) < 4.78 is 4.63. The molecule has 1 aliphatic heterocycles. The minimum absolute atomic E-state index is 0.177. The van der Waals surface area contributed by atoms with Crippen LogP contribution in [-0.2, 0) is 19.7 Å². The molecule has 3 rings (SSSR count). The first-order valence-electron chi connectivity index (χ1n) is 10.4. The van der Waals surface area contributed by atoms with E-state index in [9.17, 15) is 14.4 Å². The van der Waals surface area contributed by atoms with E-state index in [0.717, 1.165) is 5.56 Å². The van der Waals surface area contributed by atoms with Crippen LogP contribution >= 0.6 is 0 Å². The maximum atomic E-state index is 13.2. The Hall–Kier alpha value is -3.41. The molecule has 2 atom stereocenters. The molecule has 6 heteroatoms. The number of allylic oxidation sites excluding steroid dienone is 1. The fourth-order valence-electron chi connectivity index (χ4n) is 4.03. The first-order valence-corrected chi connectivity index (χ1v) is 10.4. The van der Waals surface area contributed by atoms with Gasteiger partial charge < -0.3 is 15.0 Å². The fraction of sp³-hybridized carbons (Fsp3) is 0.320. The number of benzene rings is 2. The third-order valence-electron chi connectivity index (χ3n) is 5.93. The minimum atomic E-state index is -0.773. The first-order chi connectivity index (χ1) is 14.9. The lowest BCUT2D eigenvalue weighted by atomic mass is 9.66. The van der Waals surface area contributed by atoms with Crippen LogP contribution in [0.5, 0.6) is 0 Å². The topological polar surface area (TPSA) is 75.7 Å². The van der Waals surface area contributed by atoms with E-state index in [0.29, 0.717) is 12.0 Å². The van der Waals surface area contributed by atoms with Gasteiger partial charge in [-0.15, -0.1) is 0 Å². The molecule has 1 heterocycles. The van der Waals surface area contributed by atoms with Crippen LogP contribution in [0.25, 0.3) is 0 Å². The van der Waals surface area contributed by atoms with Crippen LogP contribution in [-0.4, -0.2) is 42.4 Å². The van der Waals surface area contributed by atoms with Gasteiger partial charge in [-0.2, -0.15) is 0 Å². The zero-order valence-corrected chi connectivity index (χ0v) is 18.1. The molecule has 31 heavy (non-hydrogen) atoms. The Labute approximate surface area is 182 Å². The molecule has 0 radical (unpaired) electrons. The molecule has 0 saturated heterocycles. The van der Waals surface area contributed by atoms with Crippen molar-refractivity contribution in [1.29, 1.82) is 0 Å². The molecule has 2 aromatic rings.